The van der Waals surface area contributed by atoms with Gasteiger partial charge in [-0.15, -0.1) is 0 Å². The first kappa shape index (κ1) is 21.6. The van der Waals surface area contributed by atoms with Gasteiger partial charge in [0.1, 0.15) is 0 Å². The Labute approximate surface area is 137 Å². The summed E-state index contributed by atoms with van der Waals surface area (Å²) in [6.07, 6.45) is 10.7. The van der Waals surface area contributed by atoms with Crippen LogP contribution in [0.4, 0.5) is 0 Å². The van der Waals surface area contributed by atoms with Crippen LogP contribution in [0.1, 0.15) is 58.3 Å². The van der Waals surface area contributed by atoms with Crippen molar-refractivity contribution in [1.82, 2.24) is 5.32 Å². The molecule has 0 aromatic heterocycles. The van der Waals surface area contributed by atoms with Crippen molar-refractivity contribution in [2.75, 3.05) is 27.9 Å². The molecule has 131 valence electrons. The van der Waals surface area contributed by atoms with Gasteiger partial charge in [0.15, 0.2) is 0 Å². The van der Waals surface area contributed by atoms with E-state index in [1.54, 1.807) is 21.3 Å². The number of rotatable bonds is 15. The van der Waals surface area contributed by atoms with Crippen molar-refractivity contribution >= 4 is 14.7 Å². The quantitative estimate of drug-likeness (QED) is 0.369. The lowest BCUT2D eigenvalue weighted by molar-refractivity contribution is -0.121. The van der Waals surface area contributed by atoms with Crippen molar-refractivity contribution in [2.24, 2.45) is 0 Å². The molecular formula is C16H34NO4Si. The number of carbonyl (C=O) groups excluding carboxylic acids is 1. The van der Waals surface area contributed by atoms with Gasteiger partial charge in [-0.2, -0.15) is 0 Å². The lowest BCUT2D eigenvalue weighted by Gasteiger charge is -2.24. The molecule has 0 aromatic rings. The summed E-state index contributed by atoms with van der Waals surface area (Å²) < 4.78 is 16.0. The third-order valence-corrected chi connectivity index (χ3v) is 6.57. The molecule has 0 unspecified atom stereocenters. The fourth-order valence-corrected chi connectivity index (χ4v) is 3.99. The van der Waals surface area contributed by atoms with Gasteiger partial charge < -0.3 is 18.6 Å². The molecule has 0 saturated carbocycles. The minimum absolute atomic E-state index is 0.126. The monoisotopic (exact) mass is 332 g/mol. The second kappa shape index (κ2) is 14.2. The number of nitrogens with one attached hydrogen (secondary N) is 1. The molecule has 1 amide bonds. The highest BCUT2D eigenvalue weighted by Gasteiger charge is 2.36. The highest BCUT2D eigenvalue weighted by molar-refractivity contribution is 6.60. The Morgan fingerprint density at radius 1 is 1.00 bits per heavy atom. The zero-order valence-electron chi connectivity index (χ0n) is 14.8. The molecule has 22 heavy (non-hydrogen) atoms. The number of hydrogen-bond acceptors (Lipinski definition) is 4. The van der Waals surface area contributed by atoms with E-state index in [4.69, 9.17) is 13.3 Å². The lowest BCUT2D eigenvalue weighted by atomic mass is 10.1. The first-order chi connectivity index (χ1) is 10.6. The van der Waals surface area contributed by atoms with E-state index >= 15 is 0 Å². The zero-order valence-corrected chi connectivity index (χ0v) is 15.8. The van der Waals surface area contributed by atoms with Gasteiger partial charge in [0, 0.05) is 40.3 Å². The van der Waals surface area contributed by atoms with Crippen molar-refractivity contribution in [3.05, 3.63) is 6.42 Å². The van der Waals surface area contributed by atoms with Crippen LogP contribution >= 0.6 is 0 Å². The van der Waals surface area contributed by atoms with Crippen molar-refractivity contribution in [3.8, 4) is 0 Å². The standard InChI is InChI=1S/C16H34NO4Si/c1-5-6-7-8-9-10-11-13-16(18)17-14-12-15-22(19-2,20-3)21-4/h9H,5-8,10-15H2,1-4H3,(H,17,18). The van der Waals surface area contributed by atoms with Crippen LogP contribution in [-0.4, -0.2) is 42.6 Å². The summed E-state index contributed by atoms with van der Waals surface area (Å²) in [6, 6.07) is 0.710. The van der Waals surface area contributed by atoms with Crippen LogP contribution in [0.25, 0.3) is 0 Å². The van der Waals surface area contributed by atoms with Crippen LogP contribution in [0.15, 0.2) is 0 Å². The van der Waals surface area contributed by atoms with Gasteiger partial charge in [-0.05, 0) is 25.7 Å². The number of amides is 1. The normalized spacial score (nSPS) is 11.6. The smallest absolute Gasteiger partial charge is 0.377 e. The fourth-order valence-electron chi connectivity index (χ4n) is 2.27. The van der Waals surface area contributed by atoms with Gasteiger partial charge in [-0.25, -0.2) is 0 Å². The molecule has 0 aromatic carbocycles. The summed E-state index contributed by atoms with van der Waals surface area (Å²) in [5.74, 6) is 0.126. The van der Waals surface area contributed by atoms with Crippen LogP contribution in [-0.2, 0) is 18.1 Å². The summed E-state index contributed by atoms with van der Waals surface area (Å²) >= 11 is 0. The topological polar surface area (TPSA) is 56.8 Å². The molecule has 0 fully saturated rings. The molecule has 0 aliphatic carbocycles. The average Bonchev–Trinajstić information content (AvgIpc) is 2.55. The second-order valence-corrected chi connectivity index (χ2v) is 8.52. The van der Waals surface area contributed by atoms with Gasteiger partial charge >= 0.3 is 8.80 Å². The largest absolute Gasteiger partial charge is 0.500 e. The number of hydrogen-bond donors (Lipinski definition) is 1. The Morgan fingerprint density at radius 2 is 1.64 bits per heavy atom. The highest BCUT2D eigenvalue weighted by Crippen LogP contribution is 2.14. The maximum atomic E-state index is 11.7. The predicted molar refractivity (Wildman–Crippen MR) is 91.5 cm³/mol. The van der Waals surface area contributed by atoms with E-state index in [-0.39, 0.29) is 5.91 Å². The van der Waals surface area contributed by atoms with Crippen LogP contribution in [0.2, 0.25) is 6.04 Å². The Bertz CT molecular complexity index is 265. The summed E-state index contributed by atoms with van der Waals surface area (Å²) in [5, 5.41) is 2.94. The van der Waals surface area contributed by atoms with E-state index in [1.807, 2.05) is 0 Å². The number of unbranched alkanes of at least 4 members (excludes halogenated alkanes) is 6. The van der Waals surface area contributed by atoms with Crippen LogP contribution in [0.5, 0.6) is 0 Å². The molecule has 0 heterocycles. The van der Waals surface area contributed by atoms with E-state index in [1.165, 1.54) is 25.7 Å². The Hall–Kier alpha value is -0.433. The molecule has 0 aliphatic rings. The fraction of sp³-hybridized carbons (Fsp3) is 0.875. The minimum Gasteiger partial charge on any atom is -0.377 e. The summed E-state index contributed by atoms with van der Waals surface area (Å²) in [5.41, 5.74) is 0. The molecule has 0 saturated heterocycles. The Balaban J connectivity index is 3.54. The van der Waals surface area contributed by atoms with Crippen molar-refractivity contribution in [2.45, 2.75) is 64.3 Å². The summed E-state index contributed by atoms with van der Waals surface area (Å²) in [6.45, 7) is 2.85. The zero-order chi connectivity index (χ0) is 16.7. The molecule has 0 spiro atoms. The molecule has 0 rings (SSSR count). The third-order valence-electron chi connectivity index (χ3n) is 3.74. The van der Waals surface area contributed by atoms with E-state index in [9.17, 15) is 4.79 Å². The molecule has 0 aliphatic heterocycles. The molecule has 0 bridgehead atoms. The molecular weight excluding hydrogens is 298 g/mol. The van der Waals surface area contributed by atoms with Gasteiger partial charge in [0.05, 0.1) is 0 Å². The minimum atomic E-state index is -2.49. The average molecular weight is 333 g/mol. The van der Waals surface area contributed by atoms with E-state index < -0.39 is 8.80 Å². The predicted octanol–water partition coefficient (Wildman–Crippen LogP) is 3.33. The summed E-state index contributed by atoms with van der Waals surface area (Å²) in [7, 11) is 2.32. The van der Waals surface area contributed by atoms with Crippen LogP contribution < -0.4 is 5.32 Å². The van der Waals surface area contributed by atoms with Crippen molar-refractivity contribution < 1.29 is 18.1 Å². The maximum absolute atomic E-state index is 11.7. The van der Waals surface area contributed by atoms with Gasteiger partial charge in [-0.3, -0.25) is 4.79 Å². The first-order valence-electron chi connectivity index (χ1n) is 8.38. The van der Waals surface area contributed by atoms with E-state index in [2.05, 4.69) is 18.7 Å². The lowest BCUT2D eigenvalue weighted by Crippen LogP contribution is -2.43. The van der Waals surface area contributed by atoms with Crippen LogP contribution in [0, 0.1) is 6.42 Å². The van der Waals surface area contributed by atoms with E-state index in [0.717, 1.165) is 19.3 Å². The molecule has 1 radical (unpaired) electrons. The highest BCUT2D eigenvalue weighted by atomic mass is 28.4. The van der Waals surface area contributed by atoms with E-state index in [0.29, 0.717) is 19.0 Å². The molecule has 1 N–H and O–H groups in total. The molecule has 5 nitrogen and oxygen atoms in total. The van der Waals surface area contributed by atoms with Gasteiger partial charge in [0.25, 0.3) is 0 Å². The van der Waals surface area contributed by atoms with Crippen molar-refractivity contribution in [1.29, 1.82) is 0 Å². The number of carbonyl (C=O) groups is 1. The Morgan fingerprint density at radius 3 is 2.23 bits per heavy atom. The molecule has 6 heteroatoms. The molecule has 0 atom stereocenters. The second-order valence-electron chi connectivity index (χ2n) is 5.43. The summed E-state index contributed by atoms with van der Waals surface area (Å²) in [4.78, 5) is 11.7. The first-order valence-corrected chi connectivity index (χ1v) is 10.3. The van der Waals surface area contributed by atoms with Gasteiger partial charge in [-0.1, -0.05) is 32.6 Å². The van der Waals surface area contributed by atoms with Crippen LogP contribution in [0.3, 0.4) is 0 Å². The third kappa shape index (κ3) is 10.3. The SMILES string of the molecule is CCCCC[CH]CCCC(=O)NCCC[Si](OC)(OC)OC. The van der Waals surface area contributed by atoms with Crippen molar-refractivity contribution in [3.63, 3.8) is 0 Å². The van der Waals surface area contributed by atoms with Gasteiger partial charge in [0.2, 0.25) is 5.91 Å². The maximum Gasteiger partial charge on any atom is 0.500 e. The Kier molecular flexibility index (Phi) is 13.9.